The van der Waals surface area contributed by atoms with Crippen LogP contribution in [0.5, 0.6) is 0 Å². The molecule has 1 aliphatic carbocycles. The lowest BCUT2D eigenvalue weighted by molar-refractivity contribution is -0.183. The standard InChI is InChI=1S/C17H21F3N2O/c18-17(19,20)13-5-3-6-14(11-13)21-8-9-22-15-7-2-1-4-12(15)10-16(22)23/h1-2,4,7,13-14,21H,3,5-6,8-11H2/t13-,14+/m1/s1. The Balaban J connectivity index is 1.51. The van der Waals surface area contributed by atoms with Crippen LogP contribution in [0.1, 0.15) is 31.2 Å². The Morgan fingerprint density at radius 1 is 1.22 bits per heavy atom. The summed E-state index contributed by atoms with van der Waals surface area (Å²) < 4.78 is 38.5. The van der Waals surface area contributed by atoms with Crippen molar-refractivity contribution in [1.29, 1.82) is 0 Å². The second-order valence-electron chi connectivity index (χ2n) is 6.41. The van der Waals surface area contributed by atoms with Crippen LogP contribution in [0, 0.1) is 5.92 Å². The Morgan fingerprint density at radius 3 is 2.78 bits per heavy atom. The van der Waals surface area contributed by atoms with Crippen molar-refractivity contribution in [2.75, 3.05) is 18.0 Å². The highest BCUT2D eigenvalue weighted by molar-refractivity contribution is 6.01. The summed E-state index contributed by atoms with van der Waals surface area (Å²) in [5, 5.41) is 3.21. The average Bonchev–Trinajstić information content (AvgIpc) is 2.83. The molecule has 1 fully saturated rings. The van der Waals surface area contributed by atoms with Gasteiger partial charge in [0.15, 0.2) is 0 Å². The van der Waals surface area contributed by atoms with Crippen LogP contribution in [0.4, 0.5) is 18.9 Å². The third-order valence-electron chi connectivity index (χ3n) is 4.83. The van der Waals surface area contributed by atoms with Crippen LogP contribution in [0.25, 0.3) is 0 Å². The van der Waals surface area contributed by atoms with Crippen molar-refractivity contribution < 1.29 is 18.0 Å². The van der Waals surface area contributed by atoms with Gasteiger partial charge in [-0.05, 0) is 30.9 Å². The predicted molar refractivity (Wildman–Crippen MR) is 82.3 cm³/mol. The normalized spacial score (nSPS) is 24.8. The SMILES string of the molecule is O=C1Cc2ccccc2N1CCN[C@H]1CCC[C@@H](C(F)(F)F)C1. The van der Waals surface area contributed by atoms with Gasteiger partial charge >= 0.3 is 6.18 Å². The van der Waals surface area contributed by atoms with Gasteiger partial charge in [0, 0.05) is 24.8 Å². The molecular formula is C17H21F3N2O. The van der Waals surface area contributed by atoms with Gasteiger partial charge in [-0.2, -0.15) is 13.2 Å². The molecule has 1 aromatic carbocycles. The van der Waals surface area contributed by atoms with Crippen LogP contribution in [0.3, 0.4) is 0 Å². The number of anilines is 1. The number of carbonyl (C=O) groups is 1. The number of hydrogen-bond donors (Lipinski definition) is 1. The molecule has 1 aliphatic heterocycles. The number of carbonyl (C=O) groups excluding carboxylic acids is 1. The number of hydrogen-bond acceptors (Lipinski definition) is 2. The molecule has 1 heterocycles. The molecular weight excluding hydrogens is 305 g/mol. The van der Waals surface area contributed by atoms with E-state index < -0.39 is 12.1 Å². The molecule has 0 bridgehead atoms. The van der Waals surface area contributed by atoms with Crippen LogP contribution in [0.2, 0.25) is 0 Å². The van der Waals surface area contributed by atoms with Gasteiger partial charge in [-0.25, -0.2) is 0 Å². The summed E-state index contributed by atoms with van der Waals surface area (Å²) >= 11 is 0. The van der Waals surface area contributed by atoms with Gasteiger partial charge in [0.1, 0.15) is 0 Å². The number of rotatable bonds is 4. The molecule has 1 N–H and O–H groups in total. The molecule has 0 saturated heterocycles. The first-order valence-corrected chi connectivity index (χ1v) is 8.13. The molecule has 23 heavy (non-hydrogen) atoms. The minimum absolute atomic E-state index is 0.0600. The molecule has 0 radical (unpaired) electrons. The first-order valence-electron chi connectivity index (χ1n) is 8.13. The van der Waals surface area contributed by atoms with Crippen LogP contribution in [-0.4, -0.2) is 31.2 Å². The fourth-order valence-corrected chi connectivity index (χ4v) is 3.61. The fraction of sp³-hybridized carbons (Fsp3) is 0.588. The van der Waals surface area contributed by atoms with E-state index in [-0.39, 0.29) is 24.8 Å². The number of nitrogens with one attached hydrogen (secondary N) is 1. The molecule has 2 atom stereocenters. The predicted octanol–water partition coefficient (Wildman–Crippen LogP) is 3.29. The molecule has 126 valence electrons. The molecule has 0 spiro atoms. The quantitative estimate of drug-likeness (QED) is 0.921. The molecule has 3 nitrogen and oxygen atoms in total. The van der Waals surface area contributed by atoms with Gasteiger partial charge in [0.05, 0.1) is 12.3 Å². The number of fused-ring (bicyclic) bond motifs is 1. The van der Waals surface area contributed by atoms with E-state index in [0.29, 0.717) is 25.9 Å². The minimum atomic E-state index is -4.09. The van der Waals surface area contributed by atoms with Crippen molar-refractivity contribution in [2.45, 2.75) is 44.3 Å². The first-order chi connectivity index (χ1) is 10.9. The van der Waals surface area contributed by atoms with Crippen LogP contribution >= 0.6 is 0 Å². The van der Waals surface area contributed by atoms with Crippen molar-refractivity contribution in [1.82, 2.24) is 5.32 Å². The summed E-state index contributed by atoms with van der Waals surface area (Å²) in [5.74, 6) is -1.13. The summed E-state index contributed by atoms with van der Waals surface area (Å²) in [5.41, 5.74) is 1.95. The second kappa shape index (κ2) is 6.51. The Bertz CT molecular complexity index is 573. The summed E-state index contributed by atoms with van der Waals surface area (Å²) in [6.07, 6.45) is -1.92. The van der Waals surface area contributed by atoms with E-state index in [1.807, 2.05) is 24.3 Å². The molecule has 1 amide bonds. The molecule has 0 aromatic heterocycles. The molecule has 3 rings (SSSR count). The van der Waals surface area contributed by atoms with Crippen LogP contribution in [-0.2, 0) is 11.2 Å². The molecule has 0 unspecified atom stereocenters. The Morgan fingerprint density at radius 2 is 2.00 bits per heavy atom. The van der Waals surface area contributed by atoms with Crippen molar-refractivity contribution in [3.05, 3.63) is 29.8 Å². The largest absolute Gasteiger partial charge is 0.391 e. The smallest absolute Gasteiger partial charge is 0.312 e. The van der Waals surface area contributed by atoms with Crippen LogP contribution in [0.15, 0.2) is 24.3 Å². The Labute approximate surface area is 133 Å². The first kappa shape index (κ1) is 16.3. The molecule has 6 heteroatoms. The van der Waals surface area contributed by atoms with E-state index in [0.717, 1.165) is 17.7 Å². The Hall–Kier alpha value is -1.56. The number of alkyl halides is 3. The van der Waals surface area contributed by atoms with E-state index in [9.17, 15) is 18.0 Å². The maximum Gasteiger partial charge on any atom is 0.391 e. The summed E-state index contributed by atoms with van der Waals surface area (Å²) in [6, 6.07) is 7.56. The van der Waals surface area contributed by atoms with E-state index in [2.05, 4.69) is 5.32 Å². The van der Waals surface area contributed by atoms with Gasteiger partial charge in [-0.15, -0.1) is 0 Å². The van der Waals surface area contributed by atoms with Gasteiger partial charge in [-0.1, -0.05) is 24.6 Å². The monoisotopic (exact) mass is 326 g/mol. The number of para-hydroxylation sites is 1. The lowest BCUT2D eigenvalue weighted by Gasteiger charge is -2.31. The number of benzene rings is 1. The summed E-state index contributed by atoms with van der Waals surface area (Å²) in [7, 11) is 0. The van der Waals surface area contributed by atoms with Crippen molar-refractivity contribution in [2.24, 2.45) is 5.92 Å². The highest BCUT2D eigenvalue weighted by atomic mass is 19.4. The lowest BCUT2D eigenvalue weighted by atomic mass is 9.85. The van der Waals surface area contributed by atoms with Gasteiger partial charge in [-0.3, -0.25) is 4.79 Å². The molecule has 1 saturated carbocycles. The molecule has 1 aromatic rings. The van der Waals surface area contributed by atoms with Crippen LogP contribution < -0.4 is 10.2 Å². The number of amides is 1. The van der Waals surface area contributed by atoms with E-state index in [1.54, 1.807) is 4.90 Å². The van der Waals surface area contributed by atoms with Gasteiger partial charge in [0.25, 0.3) is 0 Å². The van der Waals surface area contributed by atoms with E-state index >= 15 is 0 Å². The van der Waals surface area contributed by atoms with Gasteiger partial charge < -0.3 is 10.2 Å². The fourth-order valence-electron chi connectivity index (χ4n) is 3.61. The maximum absolute atomic E-state index is 12.8. The van der Waals surface area contributed by atoms with Crippen molar-refractivity contribution in [3.8, 4) is 0 Å². The van der Waals surface area contributed by atoms with Gasteiger partial charge in [0.2, 0.25) is 5.91 Å². The third-order valence-corrected chi connectivity index (χ3v) is 4.83. The maximum atomic E-state index is 12.8. The highest BCUT2D eigenvalue weighted by Gasteiger charge is 2.42. The molecule has 2 aliphatic rings. The third kappa shape index (κ3) is 3.68. The van der Waals surface area contributed by atoms with Crippen molar-refractivity contribution in [3.63, 3.8) is 0 Å². The summed E-state index contributed by atoms with van der Waals surface area (Å²) in [6.45, 7) is 1.03. The zero-order valence-corrected chi connectivity index (χ0v) is 12.9. The second-order valence-corrected chi connectivity index (χ2v) is 6.41. The number of nitrogens with zero attached hydrogens (tertiary/aromatic N) is 1. The zero-order valence-electron chi connectivity index (χ0n) is 12.9. The zero-order chi connectivity index (χ0) is 16.4. The van der Waals surface area contributed by atoms with E-state index in [4.69, 9.17) is 0 Å². The summed E-state index contributed by atoms with van der Waals surface area (Å²) in [4.78, 5) is 13.8. The van der Waals surface area contributed by atoms with Crippen molar-refractivity contribution >= 4 is 11.6 Å². The Kier molecular flexibility index (Phi) is 4.62. The highest BCUT2D eigenvalue weighted by Crippen LogP contribution is 2.37. The topological polar surface area (TPSA) is 32.3 Å². The van der Waals surface area contributed by atoms with E-state index in [1.165, 1.54) is 0 Å². The minimum Gasteiger partial charge on any atom is -0.312 e. The lowest BCUT2D eigenvalue weighted by Crippen LogP contribution is -2.42. The average molecular weight is 326 g/mol. The number of halogens is 3.